The van der Waals surface area contributed by atoms with Gasteiger partial charge in [-0.1, -0.05) is 24.3 Å². The number of carbonyl (C=O) groups excluding carboxylic acids is 1. The molecule has 1 aliphatic rings. The summed E-state index contributed by atoms with van der Waals surface area (Å²) in [5.41, 5.74) is -1.67. The standard InChI is InChI=1S/C18H14F3N3O2/c1-26-12-8-6-11(7-9-12)17(18(19,20)21)10-15-22-13-4-2-3-5-14(13)24(15)16(25)23-17/h2-9H,10H2,1H3,(H,23,25). The van der Waals surface area contributed by atoms with Crippen LogP contribution in [0.1, 0.15) is 11.4 Å². The van der Waals surface area contributed by atoms with E-state index >= 15 is 0 Å². The van der Waals surface area contributed by atoms with Gasteiger partial charge in [-0.15, -0.1) is 0 Å². The average Bonchev–Trinajstić information content (AvgIpc) is 2.99. The summed E-state index contributed by atoms with van der Waals surface area (Å²) in [6, 6.07) is 11.4. The van der Waals surface area contributed by atoms with Crippen LogP contribution in [0.2, 0.25) is 0 Å². The molecule has 0 saturated carbocycles. The Morgan fingerprint density at radius 3 is 2.50 bits per heavy atom. The molecule has 2 heterocycles. The number of imidazole rings is 1. The summed E-state index contributed by atoms with van der Waals surface area (Å²) >= 11 is 0. The lowest BCUT2D eigenvalue weighted by Gasteiger charge is -2.39. The van der Waals surface area contributed by atoms with E-state index in [0.29, 0.717) is 16.8 Å². The molecule has 134 valence electrons. The van der Waals surface area contributed by atoms with Crippen LogP contribution in [0.4, 0.5) is 18.0 Å². The van der Waals surface area contributed by atoms with Crippen LogP contribution in [0, 0.1) is 0 Å². The van der Waals surface area contributed by atoms with Crippen LogP contribution in [0.5, 0.6) is 5.75 Å². The van der Waals surface area contributed by atoms with Gasteiger partial charge in [-0.05, 0) is 29.8 Å². The summed E-state index contributed by atoms with van der Waals surface area (Å²) in [5, 5.41) is 2.18. The smallest absolute Gasteiger partial charge is 0.416 e. The number of nitrogens with one attached hydrogen (secondary N) is 1. The maximum atomic E-state index is 14.1. The molecule has 4 rings (SSSR count). The Hall–Kier alpha value is -3.03. The first-order valence-electron chi connectivity index (χ1n) is 7.86. The molecule has 1 atom stereocenters. The zero-order valence-corrected chi connectivity index (χ0v) is 13.7. The third-order valence-electron chi connectivity index (χ3n) is 4.64. The second kappa shape index (κ2) is 5.48. The molecule has 1 N–H and O–H groups in total. The Kier molecular flexibility index (Phi) is 3.47. The van der Waals surface area contributed by atoms with E-state index in [1.54, 1.807) is 24.3 Å². The predicted molar refractivity (Wildman–Crippen MR) is 88.1 cm³/mol. The van der Waals surface area contributed by atoms with Crippen molar-refractivity contribution in [2.75, 3.05) is 7.11 Å². The van der Waals surface area contributed by atoms with Gasteiger partial charge in [0.1, 0.15) is 11.6 Å². The van der Waals surface area contributed by atoms with Crippen LogP contribution in [-0.4, -0.2) is 28.9 Å². The van der Waals surface area contributed by atoms with E-state index in [-0.39, 0.29) is 11.4 Å². The van der Waals surface area contributed by atoms with Crippen LogP contribution in [0.25, 0.3) is 11.0 Å². The topological polar surface area (TPSA) is 56.2 Å². The number of nitrogens with zero attached hydrogens (tertiary/aromatic N) is 2. The number of hydrogen-bond donors (Lipinski definition) is 1. The molecule has 0 radical (unpaired) electrons. The first-order valence-corrected chi connectivity index (χ1v) is 7.86. The van der Waals surface area contributed by atoms with Crippen molar-refractivity contribution in [1.29, 1.82) is 0 Å². The summed E-state index contributed by atoms with van der Waals surface area (Å²) < 4.78 is 48.5. The minimum absolute atomic E-state index is 0.0718. The van der Waals surface area contributed by atoms with E-state index in [4.69, 9.17) is 4.74 Å². The normalized spacial score (nSPS) is 19.9. The van der Waals surface area contributed by atoms with Crippen LogP contribution in [0.15, 0.2) is 48.5 Å². The number of amides is 1. The molecule has 3 aromatic rings. The van der Waals surface area contributed by atoms with Gasteiger partial charge in [-0.3, -0.25) is 0 Å². The Balaban J connectivity index is 1.90. The molecule has 1 unspecified atom stereocenters. The first-order chi connectivity index (χ1) is 12.4. The number of methoxy groups -OCH3 is 1. The van der Waals surface area contributed by atoms with Crippen molar-refractivity contribution in [2.24, 2.45) is 0 Å². The summed E-state index contributed by atoms with van der Waals surface area (Å²) in [4.78, 5) is 16.9. The predicted octanol–water partition coefficient (Wildman–Crippen LogP) is 3.62. The van der Waals surface area contributed by atoms with Gasteiger partial charge < -0.3 is 10.1 Å². The number of halogens is 3. The van der Waals surface area contributed by atoms with Crippen molar-refractivity contribution in [3.8, 4) is 5.75 Å². The summed E-state index contributed by atoms with van der Waals surface area (Å²) in [6.45, 7) is 0. The lowest BCUT2D eigenvalue weighted by molar-refractivity contribution is -0.199. The highest BCUT2D eigenvalue weighted by Crippen LogP contribution is 2.44. The van der Waals surface area contributed by atoms with E-state index in [0.717, 1.165) is 0 Å². The monoisotopic (exact) mass is 361 g/mol. The van der Waals surface area contributed by atoms with Crippen molar-refractivity contribution in [2.45, 2.75) is 18.1 Å². The van der Waals surface area contributed by atoms with Crippen molar-refractivity contribution in [3.63, 3.8) is 0 Å². The maximum Gasteiger partial charge on any atom is 0.416 e. The molecule has 0 fully saturated rings. The van der Waals surface area contributed by atoms with Gasteiger partial charge in [0.25, 0.3) is 0 Å². The molecule has 1 amide bonds. The number of benzene rings is 2. The minimum atomic E-state index is -4.71. The van der Waals surface area contributed by atoms with E-state index in [2.05, 4.69) is 10.3 Å². The highest BCUT2D eigenvalue weighted by molar-refractivity contribution is 5.91. The lowest BCUT2D eigenvalue weighted by atomic mass is 9.84. The second-order valence-electron chi connectivity index (χ2n) is 6.09. The Bertz CT molecular complexity index is 995. The van der Waals surface area contributed by atoms with Gasteiger partial charge >= 0.3 is 12.2 Å². The number of carbonyl (C=O) groups is 1. The fourth-order valence-corrected chi connectivity index (χ4v) is 3.33. The third kappa shape index (κ3) is 2.25. The fourth-order valence-electron chi connectivity index (χ4n) is 3.33. The number of para-hydroxylation sites is 2. The highest BCUT2D eigenvalue weighted by atomic mass is 19.4. The highest BCUT2D eigenvalue weighted by Gasteiger charge is 2.59. The summed E-state index contributed by atoms with van der Waals surface area (Å²) in [6.07, 6.45) is -5.20. The van der Waals surface area contributed by atoms with E-state index in [1.807, 2.05) is 0 Å². The van der Waals surface area contributed by atoms with Crippen LogP contribution < -0.4 is 10.1 Å². The molecule has 1 aromatic heterocycles. The van der Waals surface area contributed by atoms with Gasteiger partial charge in [0.15, 0.2) is 5.54 Å². The number of ether oxygens (including phenoxy) is 1. The SMILES string of the molecule is COc1ccc(C2(C(F)(F)F)Cc3nc4ccccc4n3C(=O)N2)cc1. The van der Waals surface area contributed by atoms with E-state index in [1.165, 1.54) is 35.9 Å². The molecule has 0 saturated heterocycles. The Morgan fingerprint density at radius 1 is 1.15 bits per heavy atom. The fraction of sp³-hybridized carbons (Fsp3) is 0.222. The molecule has 8 heteroatoms. The lowest BCUT2D eigenvalue weighted by Crippen LogP contribution is -2.61. The number of rotatable bonds is 2. The first kappa shape index (κ1) is 16.4. The number of fused-ring (bicyclic) bond motifs is 3. The molecular weight excluding hydrogens is 347 g/mol. The van der Waals surface area contributed by atoms with Gasteiger partial charge in [0.05, 0.1) is 18.1 Å². The van der Waals surface area contributed by atoms with Gasteiger partial charge in [-0.25, -0.2) is 14.3 Å². The van der Waals surface area contributed by atoms with Crippen molar-refractivity contribution >= 4 is 17.1 Å². The van der Waals surface area contributed by atoms with Crippen molar-refractivity contribution < 1.29 is 22.7 Å². The van der Waals surface area contributed by atoms with Gasteiger partial charge in [0, 0.05) is 6.42 Å². The number of hydrogen-bond acceptors (Lipinski definition) is 3. The van der Waals surface area contributed by atoms with Crippen LogP contribution in [0.3, 0.4) is 0 Å². The van der Waals surface area contributed by atoms with Gasteiger partial charge in [0.2, 0.25) is 0 Å². The molecule has 26 heavy (non-hydrogen) atoms. The van der Waals surface area contributed by atoms with Crippen molar-refractivity contribution in [1.82, 2.24) is 14.9 Å². The molecule has 0 bridgehead atoms. The zero-order valence-electron chi connectivity index (χ0n) is 13.7. The van der Waals surface area contributed by atoms with Crippen molar-refractivity contribution in [3.05, 3.63) is 59.9 Å². The molecule has 0 spiro atoms. The number of alkyl halides is 3. The third-order valence-corrected chi connectivity index (χ3v) is 4.64. The minimum Gasteiger partial charge on any atom is -0.497 e. The molecule has 5 nitrogen and oxygen atoms in total. The molecule has 2 aromatic carbocycles. The largest absolute Gasteiger partial charge is 0.497 e. The van der Waals surface area contributed by atoms with Crippen LogP contribution >= 0.6 is 0 Å². The Morgan fingerprint density at radius 2 is 1.85 bits per heavy atom. The Labute approximate surface area is 146 Å². The summed E-state index contributed by atoms with van der Waals surface area (Å²) in [7, 11) is 1.43. The van der Waals surface area contributed by atoms with E-state index < -0.39 is 24.2 Å². The quantitative estimate of drug-likeness (QED) is 0.759. The molecule has 1 aliphatic heterocycles. The second-order valence-corrected chi connectivity index (χ2v) is 6.09. The molecular formula is C18H14F3N3O2. The zero-order chi connectivity index (χ0) is 18.5. The summed E-state index contributed by atoms with van der Waals surface area (Å²) in [5.74, 6) is 0.503. The maximum absolute atomic E-state index is 14.1. The average molecular weight is 361 g/mol. The van der Waals surface area contributed by atoms with Gasteiger partial charge in [-0.2, -0.15) is 13.2 Å². The molecule has 0 aliphatic carbocycles. The van der Waals surface area contributed by atoms with Crippen LogP contribution in [-0.2, 0) is 12.0 Å². The van der Waals surface area contributed by atoms with E-state index in [9.17, 15) is 18.0 Å². The number of aromatic nitrogens is 2.